The van der Waals surface area contributed by atoms with E-state index in [1.165, 1.54) is 24.3 Å². The number of amides is 1. The summed E-state index contributed by atoms with van der Waals surface area (Å²) in [5.41, 5.74) is -0.808. The van der Waals surface area contributed by atoms with Crippen molar-refractivity contribution in [2.75, 3.05) is 6.54 Å². The fourth-order valence-corrected chi connectivity index (χ4v) is 3.12. The Balaban J connectivity index is 1.79. The number of halogens is 6. The lowest BCUT2D eigenvalue weighted by molar-refractivity contribution is -0.143. The normalized spacial score (nSPS) is 11.5. The molecule has 0 fully saturated rings. The van der Waals surface area contributed by atoms with E-state index in [9.17, 15) is 18.0 Å². The number of hydrogen-bond donors (Lipinski definition) is 1. The van der Waals surface area contributed by atoms with Gasteiger partial charge in [-0.1, -0.05) is 40.9 Å². The maximum atomic E-state index is 13.6. The molecule has 29 heavy (non-hydrogen) atoms. The molecule has 0 atom stereocenters. The van der Waals surface area contributed by atoms with Gasteiger partial charge < -0.3 is 5.32 Å². The summed E-state index contributed by atoms with van der Waals surface area (Å²) in [7, 11) is 0. The minimum absolute atomic E-state index is 0.111. The molecule has 2 aromatic carbocycles. The second-order valence-electron chi connectivity index (χ2n) is 6.05. The van der Waals surface area contributed by atoms with Gasteiger partial charge in [0.1, 0.15) is 0 Å². The first-order valence-electron chi connectivity index (χ1n) is 8.30. The molecule has 0 bridgehead atoms. The molecule has 1 N–H and O–H groups in total. The van der Waals surface area contributed by atoms with Gasteiger partial charge in [-0.3, -0.25) is 4.79 Å². The maximum Gasteiger partial charge on any atom is 0.434 e. The van der Waals surface area contributed by atoms with Gasteiger partial charge in [-0.05, 0) is 48.4 Å². The second-order valence-corrected chi connectivity index (χ2v) is 7.30. The predicted molar refractivity (Wildman–Crippen MR) is 106 cm³/mol. The Morgan fingerprint density at radius 1 is 1.03 bits per heavy atom. The third kappa shape index (κ3) is 5.04. The summed E-state index contributed by atoms with van der Waals surface area (Å²) in [5.74, 6) is -0.877. The van der Waals surface area contributed by atoms with Crippen LogP contribution in [0, 0.1) is 0 Å². The summed E-state index contributed by atoms with van der Waals surface area (Å²) < 4.78 is 41.6. The molecule has 4 nitrogen and oxygen atoms in total. The number of nitrogens with one attached hydrogen (secondary N) is 1. The number of benzene rings is 2. The van der Waals surface area contributed by atoms with Gasteiger partial charge in [0, 0.05) is 11.6 Å². The molecule has 1 amide bonds. The number of hydrogen-bond acceptors (Lipinski definition) is 2. The van der Waals surface area contributed by atoms with Crippen molar-refractivity contribution in [3.63, 3.8) is 0 Å². The molecular weight excluding hydrogens is 450 g/mol. The first kappa shape index (κ1) is 21.5. The molecular formula is C19H13Cl3F3N3O. The minimum Gasteiger partial charge on any atom is -0.352 e. The number of carbonyl (C=O) groups excluding carboxylic acids is 1. The van der Waals surface area contributed by atoms with Gasteiger partial charge in [0.05, 0.1) is 27.5 Å². The smallest absolute Gasteiger partial charge is 0.352 e. The molecule has 0 saturated heterocycles. The quantitative estimate of drug-likeness (QED) is 0.519. The van der Waals surface area contributed by atoms with E-state index in [0.29, 0.717) is 26.2 Å². The molecule has 0 unspecified atom stereocenters. The molecule has 0 aliphatic heterocycles. The van der Waals surface area contributed by atoms with E-state index >= 15 is 0 Å². The highest BCUT2D eigenvalue weighted by molar-refractivity contribution is 6.42. The molecule has 0 aliphatic carbocycles. The summed E-state index contributed by atoms with van der Waals surface area (Å²) in [5, 5.41) is 7.35. The van der Waals surface area contributed by atoms with Crippen molar-refractivity contribution < 1.29 is 18.0 Å². The zero-order chi connectivity index (χ0) is 21.2. The Hall–Kier alpha value is -2.22. The van der Waals surface area contributed by atoms with E-state index < -0.39 is 23.3 Å². The lowest BCUT2D eigenvalue weighted by Crippen LogP contribution is -2.28. The monoisotopic (exact) mass is 461 g/mol. The first-order chi connectivity index (χ1) is 13.7. The van der Waals surface area contributed by atoms with Crippen LogP contribution in [0.5, 0.6) is 0 Å². The molecule has 3 aromatic rings. The predicted octanol–water partition coefficient (Wildman–Crippen LogP) is 5.82. The molecule has 10 heteroatoms. The molecule has 152 valence electrons. The number of carbonyl (C=O) groups is 1. The van der Waals surface area contributed by atoms with Gasteiger partial charge in [0.2, 0.25) is 0 Å². The average Bonchev–Trinajstić information content (AvgIpc) is 3.11. The molecule has 3 rings (SSSR count). The van der Waals surface area contributed by atoms with Crippen LogP contribution in [0.25, 0.3) is 5.69 Å². The average molecular weight is 463 g/mol. The second kappa shape index (κ2) is 8.65. The van der Waals surface area contributed by atoms with Crippen LogP contribution in [0.3, 0.4) is 0 Å². The van der Waals surface area contributed by atoms with Gasteiger partial charge in [-0.2, -0.15) is 18.3 Å². The Bertz CT molecular complexity index is 1030. The summed E-state index contributed by atoms with van der Waals surface area (Å²) in [4.78, 5) is 12.4. The largest absolute Gasteiger partial charge is 0.434 e. The topological polar surface area (TPSA) is 46.9 Å². The van der Waals surface area contributed by atoms with Crippen LogP contribution >= 0.6 is 34.8 Å². The summed E-state index contributed by atoms with van der Waals surface area (Å²) in [6.45, 7) is 0.111. The SMILES string of the molecule is O=C(NCCc1ccc(Cl)c(Cl)c1)c1cnn(-c2ccc(Cl)cc2)c1C(F)(F)F. The third-order valence-corrected chi connectivity index (χ3v) is 5.03. The Labute approximate surface area is 179 Å². The molecule has 0 saturated carbocycles. The van der Waals surface area contributed by atoms with E-state index in [2.05, 4.69) is 10.4 Å². The molecule has 1 heterocycles. The fraction of sp³-hybridized carbons (Fsp3) is 0.158. The van der Waals surface area contributed by atoms with Crippen LogP contribution in [0.2, 0.25) is 15.1 Å². The summed E-state index contributed by atoms with van der Waals surface area (Å²) in [6.07, 6.45) is -3.52. The van der Waals surface area contributed by atoms with Crippen molar-refractivity contribution in [1.29, 1.82) is 0 Å². The molecule has 0 radical (unpaired) electrons. The number of alkyl halides is 3. The lowest BCUT2D eigenvalue weighted by Gasteiger charge is -2.13. The first-order valence-corrected chi connectivity index (χ1v) is 9.43. The van der Waals surface area contributed by atoms with E-state index in [0.717, 1.165) is 11.8 Å². The van der Waals surface area contributed by atoms with Gasteiger partial charge in [0.25, 0.3) is 5.91 Å². The number of rotatable bonds is 5. The van der Waals surface area contributed by atoms with Gasteiger partial charge in [-0.15, -0.1) is 0 Å². The zero-order valence-corrected chi connectivity index (χ0v) is 16.9. The Kier molecular flexibility index (Phi) is 6.41. The standard InChI is InChI=1S/C19H13Cl3F3N3O/c20-12-2-4-13(5-3-12)28-17(19(23,24)25)14(10-27-28)18(29)26-8-7-11-1-6-15(21)16(22)9-11/h1-6,9-10H,7-8H2,(H,26,29). The molecule has 0 spiro atoms. The van der Waals surface area contributed by atoms with Gasteiger partial charge in [0.15, 0.2) is 5.69 Å². The molecule has 1 aromatic heterocycles. The van der Waals surface area contributed by atoms with Crippen LogP contribution in [0.1, 0.15) is 21.6 Å². The van der Waals surface area contributed by atoms with E-state index in [1.807, 2.05) is 0 Å². The van der Waals surface area contributed by atoms with Gasteiger partial charge in [-0.25, -0.2) is 4.68 Å². The van der Waals surface area contributed by atoms with E-state index in [4.69, 9.17) is 34.8 Å². The number of nitrogens with zero attached hydrogens (tertiary/aromatic N) is 2. The van der Waals surface area contributed by atoms with Crippen molar-refractivity contribution in [2.24, 2.45) is 0 Å². The fourth-order valence-electron chi connectivity index (χ4n) is 2.68. The van der Waals surface area contributed by atoms with Crippen molar-refractivity contribution >= 4 is 40.7 Å². The Morgan fingerprint density at radius 3 is 2.34 bits per heavy atom. The van der Waals surface area contributed by atoms with Crippen LogP contribution in [0.4, 0.5) is 13.2 Å². The zero-order valence-electron chi connectivity index (χ0n) is 14.6. The van der Waals surface area contributed by atoms with Crippen LogP contribution in [-0.4, -0.2) is 22.2 Å². The lowest BCUT2D eigenvalue weighted by atomic mass is 10.1. The summed E-state index contributed by atoms with van der Waals surface area (Å²) >= 11 is 17.6. The highest BCUT2D eigenvalue weighted by Gasteiger charge is 2.40. The highest BCUT2D eigenvalue weighted by Crippen LogP contribution is 2.34. The van der Waals surface area contributed by atoms with Gasteiger partial charge >= 0.3 is 6.18 Å². The van der Waals surface area contributed by atoms with Crippen molar-refractivity contribution in [3.8, 4) is 5.69 Å². The van der Waals surface area contributed by atoms with Crippen LogP contribution in [-0.2, 0) is 12.6 Å². The Morgan fingerprint density at radius 2 is 1.72 bits per heavy atom. The van der Waals surface area contributed by atoms with E-state index in [1.54, 1.807) is 18.2 Å². The minimum atomic E-state index is -4.79. The van der Waals surface area contributed by atoms with Crippen molar-refractivity contribution in [3.05, 3.63) is 80.6 Å². The highest BCUT2D eigenvalue weighted by atomic mass is 35.5. The maximum absolute atomic E-state index is 13.6. The third-order valence-electron chi connectivity index (χ3n) is 4.04. The van der Waals surface area contributed by atoms with Crippen molar-refractivity contribution in [2.45, 2.75) is 12.6 Å². The van der Waals surface area contributed by atoms with Crippen LogP contribution < -0.4 is 5.32 Å². The molecule has 0 aliphatic rings. The van der Waals surface area contributed by atoms with Crippen LogP contribution in [0.15, 0.2) is 48.7 Å². The van der Waals surface area contributed by atoms with Crippen molar-refractivity contribution in [1.82, 2.24) is 15.1 Å². The summed E-state index contributed by atoms with van der Waals surface area (Å²) in [6, 6.07) is 10.6. The number of aromatic nitrogens is 2. The van der Waals surface area contributed by atoms with E-state index in [-0.39, 0.29) is 12.2 Å².